The Morgan fingerprint density at radius 3 is 0.839 bits per heavy atom. The maximum Gasteiger partial charge on any atom is 0.123 e. The molecule has 3 heteroatoms. The molecular formula is C28H28OP2. The minimum atomic E-state index is -0.630. The van der Waals surface area contributed by atoms with E-state index in [4.69, 9.17) is 4.74 Å². The molecule has 0 fully saturated rings. The van der Waals surface area contributed by atoms with Gasteiger partial charge in [-0.3, -0.25) is 0 Å². The average Bonchev–Trinajstić information content (AvgIpc) is 2.87. The normalized spacial score (nSPS) is 11.9. The Bertz CT molecular complexity index is 899. The SMILES string of the molecule is PCC(OC(CP)(c1ccccc1)c1ccccc1)(c1ccccc1)c1ccccc1. The molecule has 4 rings (SSSR count). The minimum absolute atomic E-state index is 0.630. The minimum Gasteiger partial charge on any atom is -0.349 e. The Morgan fingerprint density at radius 2 is 0.645 bits per heavy atom. The van der Waals surface area contributed by atoms with Crippen LogP contribution in [0.1, 0.15) is 22.3 Å². The maximum absolute atomic E-state index is 7.43. The summed E-state index contributed by atoms with van der Waals surface area (Å²) >= 11 is 0. The van der Waals surface area contributed by atoms with Crippen LogP contribution in [0.3, 0.4) is 0 Å². The Balaban J connectivity index is 1.98. The number of benzene rings is 4. The molecule has 0 saturated heterocycles. The predicted octanol–water partition coefficient (Wildman–Crippen LogP) is 6.64. The molecule has 0 amide bonds. The van der Waals surface area contributed by atoms with Crippen LogP contribution in [0.4, 0.5) is 0 Å². The number of rotatable bonds is 8. The van der Waals surface area contributed by atoms with Gasteiger partial charge in [0.2, 0.25) is 0 Å². The summed E-state index contributed by atoms with van der Waals surface area (Å²) in [7, 11) is 5.87. The van der Waals surface area contributed by atoms with Crippen LogP contribution in [-0.2, 0) is 15.9 Å². The van der Waals surface area contributed by atoms with Crippen molar-refractivity contribution < 1.29 is 4.74 Å². The third-order valence-corrected chi connectivity index (χ3v) is 7.03. The molecule has 4 aromatic carbocycles. The molecule has 0 bridgehead atoms. The Kier molecular flexibility index (Phi) is 6.99. The Labute approximate surface area is 190 Å². The third kappa shape index (κ3) is 4.24. The molecule has 0 aliphatic rings. The molecular weight excluding hydrogens is 414 g/mol. The zero-order valence-corrected chi connectivity index (χ0v) is 19.8. The number of hydrogen-bond donors (Lipinski definition) is 0. The summed E-state index contributed by atoms with van der Waals surface area (Å²) in [4.78, 5) is 0. The maximum atomic E-state index is 7.43. The van der Waals surface area contributed by atoms with Crippen LogP contribution in [-0.4, -0.2) is 12.3 Å². The first-order chi connectivity index (χ1) is 15.2. The molecule has 0 aliphatic heterocycles. The average molecular weight is 442 g/mol. The summed E-state index contributed by atoms with van der Waals surface area (Å²) in [6.07, 6.45) is 1.46. The molecule has 2 unspecified atom stereocenters. The van der Waals surface area contributed by atoms with E-state index in [1.54, 1.807) is 0 Å². The van der Waals surface area contributed by atoms with Crippen molar-refractivity contribution in [3.05, 3.63) is 144 Å². The summed E-state index contributed by atoms with van der Waals surface area (Å²) in [6, 6.07) is 42.3. The van der Waals surface area contributed by atoms with E-state index in [-0.39, 0.29) is 0 Å². The van der Waals surface area contributed by atoms with Gasteiger partial charge in [-0.2, -0.15) is 0 Å². The molecule has 0 saturated carbocycles. The van der Waals surface area contributed by atoms with Crippen molar-refractivity contribution in [2.45, 2.75) is 11.2 Å². The lowest BCUT2D eigenvalue weighted by molar-refractivity contribution is -0.101. The van der Waals surface area contributed by atoms with Crippen molar-refractivity contribution in [1.82, 2.24) is 0 Å². The van der Waals surface area contributed by atoms with Gasteiger partial charge in [-0.25, -0.2) is 0 Å². The van der Waals surface area contributed by atoms with Gasteiger partial charge >= 0.3 is 0 Å². The third-order valence-electron chi connectivity index (χ3n) is 5.88. The van der Waals surface area contributed by atoms with Gasteiger partial charge in [-0.1, -0.05) is 121 Å². The van der Waals surface area contributed by atoms with Gasteiger partial charge in [0.25, 0.3) is 0 Å². The Morgan fingerprint density at radius 1 is 0.419 bits per heavy atom. The van der Waals surface area contributed by atoms with Crippen molar-refractivity contribution in [2.75, 3.05) is 12.3 Å². The van der Waals surface area contributed by atoms with Crippen LogP contribution < -0.4 is 0 Å². The van der Waals surface area contributed by atoms with Crippen LogP contribution in [0.15, 0.2) is 121 Å². The first-order valence-corrected chi connectivity index (χ1v) is 12.2. The zero-order valence-electron chi connectivity index (χ0n) is 17.5. The first-order valence-electron chi connectivity index (χ1n) is 10.6. The number of ether oxygens (including phenoxy) is 1. The fourth-order valence-corrected chi connectivity index (χ4v) is 5.36. The van der Waals surface area contributed by atoms with Crippen LogP contribution in [0.2, 0.25) is 0 Å². The molecule has 0 heterocycles. The van der Waals surface area contributed by atoms with Gasteiger partial charge in [0.05, 0.1) is 0 Å². The van der Waals surface area contributed by atoms with Gasteiger partial charge in [0, 0.05) is 0 Å². The van der Waals surface area contributed by atoms with Gasteiger partial charge in [-0.05, 0) is 34.6 Å². The lowest BCUT2D eigenvalue weighted by Gasteiger charge is -2.45. The number of hydrogen-bond acceptors (Lipinski definition) is 1. The second-order valence-electron chi connectivity index (χ2n) is 7.63. The van der Waals surface area contributed by atoms with Crippen LogP contribution in [0.5, 0.6) is 0 Å². The molecule has 0 aliphatic carbocycles. The van der Waals surface area contributed by atoms with Crippen LogP contribution in [0.25, 0.3) is 0 Å². The van der Waals surface area contributed by atoms with E-state index in [1.807, 2.05) is 0 Å². The highest BCUT2D eigenvalue weighted by molar-refractivity contribution is 7.16. The molecule has 31 heavy (non-hydrogen) atoms. The van der Waals surface area contributed by atoms with E-state index in [9.17, 15) is 0 Å². The monoisotopic (exact) mass is 442 g/mol. The zero-order chi connectivity index (χ0) is 21.6. The first kappa shape index (κ1) is 21.9. The Hall–Kier alpha value is -2.30. The summed E-state index contributed by atoms with van der Waals surface area (Å²) in [5.74, 6) is 0. The van der Waals surface area contributed by atoms with Gasteiger partial charge < -0.3 is 4.74 Å². The van der Waals surface area contributed by atoms with E-state index >= 15 is 0 Å². The highest BCUT2D eigenvalue weighted by Gasteiger charge is 2.44. The fourth-order valence-electron chi connectivity index (χ4n) is 4.25. The highest BCUT2D eigenvalue weighted by atomic mass is 31.0. The molecule has 0 aromatic heterocycles. The van der Waals surface area contributed by atoms with Crippen LogP contribution >= 0.6 is 18.5 Å². The van der Waals surface area contributed by atoms with Crippen molar-refractivity contribution in [3.8, 4) is 0 Å². The quantitative estimate of drug-likeness (QED) is 0.278. The molecule has 0 N–H and O–H groups in total. The molecule has 1 nitrogen and oxygen atoms in total. The second kappa shape index (κ2) is 9.88. The summed E-state index contributed by atoms with van der Waals surface area (Å²) < 4.78 is 7.43. The van der Waals surface area contributed by atoms with Gasteiger partial charge in [0.15, 0.2) is 0 Å². The highest BCUT2D eigenvalue weighted by Crippen LogP contribution is 2.46. The lowest BCUT2D eigenvalue weighted by Crippen LogP contribution is -2.45. The largest absolute Gasteiger partial charge is 0.349 e. The standard InChI is InChI=1S/C28H28OP2/c30-21-27(23-13-5-1-6-14-23,24-15-7-2-8-16-24)29-28(22-31,25-17-9-3-10-18-25)26-19-11-4-12-20-26/h1-20H,21-22,30-31H2. The predicted molar refractivity (Wildman–Crippen MR) is 138 cm³/mol. The van der Waals surface area contributed by atoms with Crippen molar-refractivity contribution in [3.63, 3.8) is 0 Å². The molecule has 4 aromatic rings. The lowest BCUT2D eigenvalue weighted by atomic mass is 9.82. The fraction of sp³-hybridized carbons (Fsp3) is 0.143. The van der Waals surface area contributed by atoms with E-state index in [2.05, 4.69) is 140 Å². The van der Waals surface area contributed by atoms with Crippen LogP contribution in [0, 0.1) is 0 Å². The summed E-state index contributed by atoms with van der Waals surface area (Å²) in [5.41, 5.74) is 3.32. The summed E-state index contributed by atoms with van der Waals surface area (Å²) in [6.45, 7) is 0. The van der Waals surface area contributed by atoms with Crippen molar-refractivity contribution in [2.24, 2.45) is 0 Å². The smallest absolute Gasteiger partial charge is 0.123 e. The van der Waals surface area contributed by atoms with E-state index < -0.39 is 11.2 Å². The van der Waals surface area contributed by atoms with Gasteiger partial charge in [0.1, 0.15) is 11.2 Å². The van der Waals surface area contributed by atoms with Crippen molar-refractivity contribution in [1.29, 1.82) is 0 Å². The molecule has 2 atom stereocenters. The molecule has 156 valence electrons. The van der Waals surface area contributed by atoms with E-state index in [0.29, 0.717) is 0 Å². The summed E-state index contributed by atoms with van der Waals surface area (Å²) in [5, 5.41) is 0. The second-order valence-corrected chi connectivity index (χ2v) is 8.44. The molecule has 0 radical (unpaired) electrons. The van der Waals surface area contributed by atoms with E-state index in [1.165, 1.54) is 0 Å². The van der Waals surface area contributed by atoms with Crippen molar-refractivity contribution >= 4 is 18.5 Å². The van der Waals surface area contributed by atoms with Gasteiger partial charge in [-0.15, -0.1) is 18.5 Å². The van der Waals surface area contributed by atoms with E-state index in [0.717, 1.165) is 34.6 Å². The topological polar surface area (TPSA) is 9.23 Å². The molecule has 0 spiro atoms.